The van der Waals surface area contributed by atoms with E-state index in [1.807, 2.05) is 11.8 Å². The second-order valence-corrected chi connectivity index (χ2v) is 7.11. The van der Waals surface area contributed by atoms with Gasteiger partial charge < -0.3 is 10.4 Å². The molecule has 5 nitrogen and oxygen atoms in total. The first kappa shape index (κ1) is 16.3. The quantitative estimate of drug-likeness (QED) is 0.736. The molecule has 1 saturated heterocycles. The number of rotatable bonds is 5. The Hall–Kier alpha value is -0.750. The van der Waals surface area contributed by atoms with Crippen molar-refractivity contribution >= 4 is 23.6 Å². The summed E-state index contributed by atoms with van der Waals surface area (Å²) in [4.78, 5) is 25.4. The Balaban J connectivity index is 2.38. The fourth-order valence-corrected chi connectivity index (χ4v) is 3.12. The Morgan fingerprint density at radius 3 is 2.37 bits per heavy atom. The van der Waals surface area contributed by atoms with Gasteiger partial charge in [0, 0.05) is 37.7 Å². The number of nitrogens with one attached hydrogen (secondary N) is 1. The zero-order valence-corrected chi connectivity index (χ0v) is 12.8. The average Bonchev–Trinajstić information content (AvgIpc) is 2.27. The fraction of sp³-hybridized carbons (Fsp3) is 0.846. The van der Waals surface area contributed by atoms with E-state index in [4.69, 9.17) is 5.11 Å². The zero-order chi connectivity index (χ0) is 14.5. The van der Waals surface area contributed by atoms with Gasteiger partial charge in [-0.1, -0.05) is 20.8 Å². The molecule has 1 aliphatic rings. The molecule has 0 aliphatic carbocycles. The van der Waals surface area contributed by atoms with E-state index in [9.17, 15) is 9.59 Å². The van der Waals surface area contributed by atoms with Crippen LogP contribution in [0.1, 0.15) is 20.8 Å². The molecule has 0 aromatic heterocycles. The maximum atomic E-state index is 12.0. The van der Waals surface area contributed by atoms with Crippen LogP contribution >= 0.6 is 11.8 Å². The lowest BCUT2D eigenvalue weighted by Crippen LogP contribution is -2.45. The lowest BCUT2D eigenvalue weighted by atomic mass is 9.80. The summed E-state index contributed by atoms with van der Waals surface area (Å²) < 4.78 is 0. The molecule has 6 heteroatoms. The van der Waals surface area contributed by atoms with Crippen molar-refractivity contribution in [1.29, 1.82) is 0 Å². The largest absolute Gasteiger partial charge is 0.481 e. The third kappa shape index (κ3) is 5.40. The molecular weight excluding hydrogens is 264 g/mol. The molecular formula is C13H24N2O3S. The van der Waals surface area contributed by atoms with Crippen LogP contribution in [0, 0.1) is 11.3 Å². The van der Waals surface area contributed by atoms with E-state index in [2.05, 4.69) is 10.2 Å². The van der Waals surface area contributed by atoms with E-state index >= 15 is 0 Å². The van der Waals surface area contributed by atoms with E-state index < -0.39 is 17.3 Å². The molecule has 1 amide bonds. The van der Waals surface area contributed by atoms with Crippen LogP contribution in [0.3, 0.4) is 0 Å². The maximum absolute atomic E-state index is 12.0. The topological polar surface area (TPSA) is 69.6 Å². The molecule has 0 saturated carbocycles. The number of hydrogen-bond donors (Lipinski definition) is 2. The van der Waals surface area contributed by atoms with Gasteiger partial charge in [0.15, 0.2) is 0 Å². The molecule has 1 rings (SSSR count). The number of carbonyl (C=O) groups is 2. The van der Waals surface area contributed by atoms with E-state index in [-0.39, 0.29) is 5.91 Å². The number of nitrogens with zero attached hydrogens (tertiary/aromatic N) is 1. The summed E-state index contributed by atoms with van der Waals surface area (Å²) in [6.07, 6.45) is 0. The average molecular weight is 288 g/mol. The van der Waals surface area contributed by atoms with Gasteiger partial charge in [0.2, 0.25) is 5.91 Å². The smallest absolute Gasteiger partial charge is 0.316 e. The van der Waals surface area contributed by atoms with Gasteiger partial charge in [0.25, 0.3) is 0 Å². The number of carboxylic acid groups (broad SMARTS) is 1. The SMILES string of the molecule is CC(C)(C)C(C(=O)O)C(=O)NCCN1CCSCC1. The third-order valence-corrected chi connectivity index (χ3v) is 4.15. The van der Waals surface area contributed by atoms with Crippen molar-refractivity contribution in [2.45, 2.75) is 20.8 Å². The highest BCUT2D eigenvalue weighted by Gasteiger charge is 2.37. The van der Waals surface area contributed by atoms with Gasteiger partial charge in [0.05, 0.1) is 0 Å². The van der Waals surface area contributed by atoms with Gasteiger partial charge in [0.1, 0.15) is 5.92 Å². The molecule has 0 spiro atoms. The van der Waals surface area contributed by atoms with Crippen LogP contribution in [-0.2, 0) is 9.59 Å². The summed E-state index contributed by atoms with van der Waals surface area (Å²) in [6, 6.07) is 0. The first-order valence-electron chi connectivity index (χ1n) is 6.63. The van der Waals surface area contributed by atoms with Crippen LogP contribution < -0.4 is 5.32 Å². The van der Waals surface area contributed by atoms with E-state index in [1.54, 1.807) is 20.8 Å². The summed E-state index contributed by atoms with van der Waals surface area (Å²) >= 11 is 1.94. The molecule has 2 N–H and O–H groups in total. The highest BCUT2D eigenvalue weighted by atomic mass is 32.2. The maximum Gasteiger partial charge on any atom is 0.316 e. The number of amides is 1. The van der Waals surface area contributed by atoms with E-state index in [0.717, 1.165) is 31.1 Å². The summed E-state index contributed by atoms with van der Waals surface area (Å²) in [5.41, 5.74) is -0.572. The molecule has 1 heterocycles. The Kier molecular flexibility index (Phi) is 6.13. The van der Waals surface area contributed by atoms with Crippen molar-refractivity contribution in [3.8, 4) is 0 Å². The highest BCUT2D eigenvalue weighted by molar-refractivity contribution is 7.99. The van der Waals surface area contributed by atoms with Gasteiger partial charge in [-0.3, -0.25) is 14.5 Å². The first-order chi connectivity index (χ1) is 8.82. The fourth-order valence-electron chi connectivity index (χ4n) is 2.14. The Labute approximate surface area is 119 Å². The standard InChI is InChI=1S/C13H24N2O3S/c1-13(2,3)10(12(17)18)11(16)14-4-5-15-6-8-19-9-7-15/h10H,4-9H2,1-3H3,(H,14,16)(H,17,18). The number of carboxylic acids is 1. The minimum Gasteiger partial charge on any atom is -0.481 e. The molecule has 0 bridgehead atoms. The van der Waals surface area contributed by atoms with Crippen molar-refractivity contribution in [1.82, 2.24) is 10.2 Å². The highest BCUT2D eigenvalue weighted by Crippen LogP contribution is 2.26. The molecule has 0 aromatic carbocycles. The molecule has 0 aromatic rings. The number of thioether (sulfide) groups is 1. The third-order valence-electron chi connectivity index (χ3n) is 3.21. The number of carbonyl (C=O) groups excluding carboxylic acids is 1. The van der Waals surface area contributed by atoms with E-state index in [1.165, 1.54) is 0 Å². The van der Waals surface area contributed by atoms with Crippen LogP contribution in [0.15, 0.2) is 0 Å². The number of hydrogen-bond acceptors (Lipinski definition) is 4. The van der Waals surface area contributed by atoms with Gasteiger partial charge in [-0.05, 0) is 5.41 Å². The lowest BCUT2D eigenvalue weighted by molar-refractivity contribution is -0.151. The Morgan fingerprint density at radius 1 is 1.32 bits per heavy atom. The summed E-state index contributed by atoms with van der Waals surface area (Å²) in [7, 11) is 0. The molecule has 0 radical (unpaired) electrons. The second kappa shape index (κ2) is 7.14. The van der Waals surface area contributed by atoms with Crippen LogP contribution in [0.4, 0.5) is 0 Å². The second-order valence-electron chi connectivity index (χ2n) is 5.88. The molecule has 110 valence electrons. The monoisotopic (exact) mass is 288 g/mol. The van der Waals surface area contributed by atoms with Crippen molar-refractivity contribution in [2.75, 3.05) is 37.7 Å². The summed E-state index contributed by atoms with van der Waals surface area (Å²) in [6.45, 7) is 8.71. The minimum atomic E-state index is -1.06. The summed E-state index contributed by atoms with van der Waals surface area (Å²) in [5.74, 6) is -0.170. The minimum absolute atomic E-state index is 0.383. The predicted octanol–water partition coefficient (Wildman–Crippen LogP) is 0.898. The molecule has 1 unspecified atom stereocenters. The summed E-state index contributed by atoms with van der Waals surface area (Å²) in [5, 5.41) is 11.9. The predicted molar refractivity (Wildman–Crippen MR) is 77.4 cm³/mol. The van der Waals surface area contributed by atoms with Crippen LogP contribution in [0.5, 0.6) is 0 Å². The first-order valence-corrected chi connectivity index (χ1v) is 7.78. The van der Waals surface area contributed by atoms with Crippen molar-refractivity contribution < 1.29 is 14.7 Å². The van der Waals surface area contributed by atoms with Crippen molar-refractivity contribution in [2.24, 2.45) is 11.3 Å². The van der Waals surface area contributed by atoms with Gasteiger partial charge in [-0.25, -0.2) is 0 Å². The van der Waals surface area contributed by atoms with Crippen LogP contribution in [-0.4, -0.2) is 59.6 Å². The van der Waals surface area contributed by atoms with Crippen molar-refractivity contribution in [3.63, 3.8) is 0 Å². The zero-order valence-electron chi connectivity index (χ0n) is 11.9. The van der Waals surface area contributed by atoms with Gasteiger partial charge >= 0.3 is 5.97 Å². The molecule has 1 aliphatic heterocycles. The number of aliphatic carboxylic acids is 1. The van der Waals surface area contributed by atoms with Gasteiger partial charge in [-0.2, -0.15) is 11.8 Å². The van der Waals surface area contributed by atoms with Crippen LogP contribution in [0.25, 0.3) is 0 Å². The molecule has 1 atom stereocenters. The lowest BCUT2D eigenvalue weighted by Gasteiger charge is -2.28. The van der Waals surface area contributed by atoms with Crippen molar-refractivity contribution in [3.05, 3.63) is 0 Å². The van der Waals surface area contributed by atoms with Crippen LogP contribution in [0.2, 0.25) is 0 Å². The normalized spacial score (nSPS) is 18.9. The Morgan fingerprint density at radius 2 is 1.89 bits per heavy atom. The molecule has 19 heavy (non-hydrogen) atoms. The van der Waals surface area contributed by atoms with Gasteiger partial charge in [-0.15, -0.1) is 0 Å². The van der Waals surface area contributed by atoms with E-state index in [0.29, 0.717) is 6.54 Å². The Bertz CT molecular complexity index is 322. The molecule has 1 fully saturated rings.